The number of Topliss-reactive ketones (excluding diaryl/α,β-unsaturated/α-hetero) is 1. The minimum Gasteiger partial charge on any atom is -0.295 e. The first kappa shape index (κ1) is 13.2. The van der Waals surface area contributed by atoms with Crippen LogP contribution in [0.3, 0.4) is 0 Å². The number of sulfonamides is 1. The van der Waals surface area contributed by atoms with Gasteiger partial charge in [-0.15, -0.1) is 0 Å². The average Bonchev–Trinajstić information content (AvgIpc) is 2.81. The maximum Gasteiger partial charge on any atom is 0.240 e. The predicted molar refractivity (Wildman–Crippen MR) is 69.0 cm³/mol. The van der Waals surface area contributed by atoms with Crippen molar-refractivity contribution in [2.45, 2.75) is 43.5 Å². The second-order valence-electron chi connectivity index (χ2n) is 4.68. The van der Waals surface area contributed by atoms with Crippen LogP contribution >= 0.6 is 0 Å². The number of carbonyl (C=O) groups excluding carboxylic acids is 1. The summed E-state index contributed by atoms with van der Waals surface area (Å²) in [6.07, 6.45) is 3.97. The molecule has 0 bridgehead atoms. The minimum absolute atomic E-state index is 0.0579. The van der Waals surface area contributed by atoms with E-state index in [4.69, 9.17) is 0 Å². The molecule has 18 heavy (non-hydrogen) atoms. The largest absolute Gasteiger partial charge is 0.295 e. The SMILES string of the molecule is CC(=O)c1ccc(S(=O)(=O)NC2CCCC2)cc1. The highest BCUT2D eigenvalue weighted by atomic mass is 32.2. The van der Waals surface area contributed by atoms with Crippen molar-refractivity contribution in [3.8, 4) is 0 Å². The molecule has 5 heteroatoms. The van der Waals surface area contributed by atoms with Gasteiger partial charge in [0.2, 0.25) is 10.0 Å². The molecule has 1 fully saturated rings. The molecule has 0 radical (unpaired) electrons. The van der Waals surface area contributed by atoms with Crippen LogP contribution in [0.4, 0.5) is 0 Å². The monoisotopic (exact) mass is 267 g/mol. The lowest BCUT2D eigenvalue weighted by atomic mass is 10.2. The normalized spacial score (nSPS) is 16.9. The third kappa shape index (κ3) is 2.97. The minimum atomic E-state index is -3.45. The van der Waals surface area contributed by atoms with E-state index in [0.717, 1.165) is 25.7 Å². The molecule has 0 amide bonds. The van der Waals surface area contributed by atoms with Crippen molar-refractivity contribution in [2.75, 3.05) is 0 Å². The first-order valence-corrected chi connectivity index (χ1v) is 7.61. The molecule has 0 saturated heterocycles. The molecule has 0 heterocycles. The molecular formula is C13H17NO3S. The summed E-state index contributed by atoms with van der Waals surface area (Å²) >= 11 is 0. The molecule has 0 aliphatic heterocycles. The van der Waals surface area contributed by atoms with E-state index in [2.05, 4.69) is 4.72 Å². The van der Waals surface area contributed by atoms with Crippen LogP contribution in [-0.2, 0) is 10.0 Å². The molecule has 2 rings (SSSR count). The lowest BCUT2D eigenvalue weighted by Gasteiger charge is -2.12. The van der Waals surface area contributed by atoms with Crippen LogP contribution < -0.4 is 4.72 Å². The number of nitrogens with one attached hydrogen (secondary N) is 1. The Morgan fingerprint density at radius 3 is 2.22 bits per heavy atom. The Morgan fingerprint density at radius 1 is 1.17 bits per heavy atom. The highest BCUT2D eigenvalue weighted by Gasteiger charge is 2.22. The van der Waals surface area contributed by atoms with Crippen molar-refractivity contribution in [2.24, 2.45) is 0 Å². The van der Waals surface area contributed by atoms with Gasteiger partial charge >= 0.3 is 0 Å². The smallest absolute Gasteiger partial charge is 0.240 e. The van der Waals surface area contributed by atoms with E-state index in [1.165, 1.54) is 19.1 Å². The van der Waals surface area contributed by atoms with Gasteiger partial charge in [-0.1, -0.05) is 25.0 Å². The molecule has 1 aliphatic carbocycles. The van der Waals surface area contributed by atoms with Crippen LogP contribution in [0.1, 0.15) is 43.0 Å². The summed E-state index contributed by atoms with van der Waals surface area (Å²) in [5.41, 5.74) is 0.523. The van der Waals surface area contributed by atoms with Gasteiger partial charge in [-0.25, -0.2) is 13.1 Å². The second-order valence-corrected chi connectivity index (χ2v) is 6.40. The topological polar surface area (TPSA) is 63.2 Å². The van der Waals surface area contributed by atoms with Crippen molar-refractivity contribution >= 4 is 15.8 Å². The molecule has 1 aromatic rings. The molecular weight excluding hydrogens is 250 g/mol. The number of rotatable bonds is 4. The van der Waals surface area contributed by atoms with Gasteiger partial charge in [0.25, 0.3) is 0 Å². The quantitative estimate of drug-likeness (QED) is 0.850. The summed E-state index contributed by atoms with van der Waals surface area (Å²) < 4.78 is 26.9. The fourth-order valence-corrected chi connectivity index (χ4v) is 3.50. The van der Waals surface area contributed by atoms with E-state index >= 15 is 0 Å². The number of hydrogen-bond acceptors (Lipinski definition) is 3. The zero-order chi connectivity index (χ0) is 13.2. The van der Waals surface area contributed by atoms with E-state index in [1.807, 2.05) is 0 Å². The summed E-state index contributed by atoms with van der Waals surface area (Å²) in [5.74, 6) is -0.0669. The van der Waals surface area contributed by atoms with E-state index in [0.29, 0.717) is 5.56 Å². The molecule has 1 N–H and O–H groups in total. The molecule has 0 atom stereocenters. The molecule has 1 aromatic carbocycles. The summed E-state index contributed by atoms with van der Waals surface area (Å²) in [6.45, 7) is 1.46. The van der Waals surface area contributed by atoms with Crippen molar-refractivity contribution < 1.29 is 13.2 Å². The Kier molecular flexibility index (Phi) is 3.82. The van der Waals surface area contributed by atoms with Crippen LogP contribution in [0.25, 0.3) is 0 Å². The lowest BCUT2D eigenvalue weighted by Crippen LogP contribution is -2.32. The van der Waals surface area contributed by atoms with Gasteiger partial charge in [-0.3, -0.25) is 4.79 Å². The van der Waals surface area contributed by atoms with Crippen molar-refractivity contribution in [3.05, 3.63) is 29.8 Å². The van der Waals surface area contributed by atoms with Gasteiger partial charge in [0.05, 0.1) is 4.90 Å². The fraction of sp³-hybridized carbons (Fsp3) is 0.462. The van der Waals surface area contributed by atoms with Crippen LogP contribution in [-0.4, -0.2) is 20.2 Å². The number of hydrogen-bond donors (Lipinski definition) is 1. The van der Waals surface area contributed by atoms with Crippen molar-refractivity contribution in [1.82, 2.24) is 4.72 Å². The molecule has 0 unspecified atom stereocenters. The van der Waals surface area contributed by atoms with Gasteiger partial charge in [-0.2, -0.15) is 0 Å². The van der Waals surface area contributed by atoms with Gasteiger partial charge < -0.3 is 0 Å². The number of carbonyl (C=O) groups is 1. The lowest BCUT2D eigenvalue weighted by molar-refractivity contribution is 0.101. The molecule has 1 aliphatic rings. The molecule has 0 spiro atoms. The Labute approximate surface area is 107 Å². The van der Waals surface area contributed by atoms with Crippen molar-refractivity contribution in [1.29, 1.82) is 0 Å². The summed E-state index contributed by atoms with van der Waals surface area (Å²) in [7, 11) is -3.45. The second kappa shape index (κ2) is 5.20. The predicted octanol–water partition coefficient (Wildman–Crippen LogP) is 2.11. The number of benzene rings is 1. The third-order valence-electron chi connectivity index (χ3n) is 3.25. The zero-order valence-electron chi connectivity index (χ0n) is 10.3. The standard InChI is InChI=1S/C13H17NO3S/c1-10(15)11-6-8-13(9-7-11)18(16,17)14-12-4-2-3-5-12/h6-9,12,14H,2-5H2,1H3. The van der Waals surface area contributed by atoms with Crippen LogP contribution in [0, 0.1) is 0 Å². The van der Waals surface area contributed by atoms with Gasteiger partial charge in [0, 0.05) is 11.6 Å². The summed E-state index contributed by atoms with van der Waals surface area (Å²) in [4.78, 5) is 11.3. The third-order valence-corrected chi connectivity index (χ3v) is 4.78. The first-order valence-electron chi connectivity index (χ1n) is 6.12. The Bertz CT molecular complexity index is 528. The van der Waals surface area contributed by atoms with Crippen molar-refractivity contribution in [3.63, 3.8) is 0 Å². The van der Waals surface area contributed by atoms with E-state index < -0.39 is 10.0 Å². The summed E-state index contributed by atoms with van der Waals surface area (Å²) in [6, 6.07) is 6.11. The van der Waals surface area contributed by atoms with E-state index in [-0.39, 0.29) is 16.7 Å². The number of ketones is 1. The molecule has 98 valence electrons. The van der Waals surface area contributed by atoms with E-state index in [9.17, 15) is 13.2 Å². The highest BCUT2D eigenvalue weighted by molar-refractivity contribution is 7.89. The maximum absolute atomic E-state index is 12.1. The molecule has 0 aromatic heterocycles. The molecule has 4 nitrogen and oxygen atoms in total. The Morgan fingerprint density at radius 2 is 1.72 bits per heavy atom. The zero-order valence-corrected chi connectivity index (χ0v) is 11.2. The molecule has 1 saturated carbocycles. The van der Waals surface area contributed by atoms with Gasteiger partial charge in [0.15, 0.2) is 5.78 Å². The summed E-state index contributed by atoms with van der Waals surface area (Å²) in [5, 5.41) is 0. The van der Waals surface area contributed by atoms with Crippen LogP contribution in [0.5, 0.6) is 0 Å². The van der Waals surface area contributed by atoms with Crippen LogP contribution in [0.15, 0.2) is 29.2 Å². The first-order chi connectivity index (χ1) is 8.49. The maximum atomic E-state index is 12.1. The highest BCUT2D eigenvalue weighted by Crippen LogP contribution is 2.20. The average molecular weight is 267 g/mol. The van der Waals surface area contributed by atoms with Gasteiger partial charge in [0.1, 0.15) is 0 Å². The van der Waals surface area contributed by atoms with Gasteiger partial charge in [-0.05, 0) is 31.9 Å². The Balaban J connectivity index is 2.16. The van der Waals surface area contributed by atoms with E-state index in [1.54, 1.807) is 12.1 Å². The fourth-order valence-electron chi connectivity index (χ4n) is 2.20. The Hall–Kier alpha value is -1.20. The van der Waals surface area contributed by atoms with Crippen LogP contribution in [0.2, 0.25) is 0 Å².